The van der Waals surface area contributed by atoms with Gasteiger partial charge in [-0.1, -0.05) is 30.3 Å². The number of methoxy groups -OCH3 is 2. The minimum atomic E-state index is -3.93. The molecule has 9 heteroatoms. The molecular weight excluding hydrogens is 478 g/mol. The number of amides is 1. The first-order chi connectivity index (χ1) is 17.4. The first kappa shape index (κ1) is 25.5. The van der Waals surface area contributed by atoms with Gasteiger partial charge in [-0.3, -0.25) is 14.4 Å². The molecule has 36 heavy (non-hydrogen) atoms. The van der Waals surface area contributed by atoms with Gasteiger partial charge in [-0.25, -0.2) is 8.42 Å². The summed E-state index contributed by atoms with van der Waals surface area (Å²) in [4.78, 5) is 15.4. The Kier molecular flexibility index (Phi) is 8.12. The first-order valence-electron chi connectivity index (χ1n) is 11.8. The minimum Gasteiger partial charge on any atom is -0.497 e. The van der Waals surface area contributed by atoms with Gasteiger partial charge in [0.05, 0.1) is 30.8 Å². The molecule has 0 saturated carbocycles. The van der Waals surface area contributed by atoms with Crippen LogP contribution in [0.1, 0.15) is 34.8 Å². The van der Waals surface area contributed by atoms with Gasteiger partial charge in [0.25, 0.3) is 15.9 Å². The molecule has 3 aromatic rings. The average Bonchev–Trinajstić information content (AvgIpc) is 3.44. The van der Waals surface area contributed by atoms with Crippen LogP contribution in [-0.4, -0.2) is 53.1 Å². The molecular formula is C27H31N3O5S. The molecule has 0 unspecified atom stereocenters. The van der Waals surface area contributed by atoms with E-state index in [4.69, 9.17) is 9.47 Å². The van der Waals surface area contributed by atoms with Crippen LogP contribution in [-0.2, 0) is 10.0 Å². The van der Waals surface area contributed by atoms with Crippen molar-refractivity contribution in [2.75, 3.05) is 38.6 Å². The maximum atomic E-state index is 13.0. The Bertz CT molecular complexity index is 1290. The Morgan fingerprint density at radius 2 is 1.67 bits per heavy atom. The lowest BCUT2D eigenvalue weighted by Crippen LogP contribution is -2.36. The van der Waals surface area contributed by atoms with Crippen molar-refractivity contribution in [3.05, 3.63) is 83.9 Å². The van der Waals surface area contributed by atoms with Gasteiger partial charge >= 0.3 is 0 Å². The van der Waals surface area contributed by atoms with Crippen molar-refractivity contribution in [1.29, 1.82) is 0 Å². The van der Waals surface area contributed by atoms with Gasteiger partial charge < -0.3 is 14.8 Å². The van der Waals surface area contributed by atoms with Crippen molar-refractivity contribution in [2.45, 2.75) is 23.8 Å². The second kappa shape index (κ2) is 11.5. The lowest BCUT2D eigenvalue weighted by molar-refractivity contribution is 0.0937. The van der Waals surface area contributed by atoms with Crippen LogP contribution >= 0.6 is 0 Å². The molecule has 0 radical (unpaired) electrons. The molecule has 1 heterocycles. The normalized spacial score (nSPS) is 14.7. The van der Waals surface area contributed by atoms with E-state index in [1.54, 1.807) is 43.5 Å². The molecule has 3 aromatic carbocycles. The maximum Gasteiger partial charge on any atom is 0.262 e. The summed E-state index contributed by atoms with van der Waals surface area (Å²) in [5.41, 5.74) is 1.69. The number of anilines is 1. The van der Waals surface area contributed by atoms with E-state index in [1.807, 2.05) is 24.3 Å². The number of likely N-dealkylation sites (tertiary alicyclic amines) is 1. The van der Waals surface area contributed by atoms with E-state index < -0.39 is 10.0 Å². The van der Waals surface area contributed by atoms with Crippen molar-refractivity contribution < 1.29 is 22.7 Å². The van der Waals surface area contributed by atoms with Crippen molar-refractivity contribution in [2.24, 2.45) is 0 Å². The number of rotatable bonds is 10. The van der Waals surface area contributed by atoms with Gasteiger partial charge in [-0.2, -0.15) is 0 Å². The van der Waals surface area contributed by atoms with Crippen molar-refractivity contribution >= 4 is 21.6 Å². The molecule has 1 fully saturated rings. The van der Waals surface area contributed by atoms with Crippen LogP contribution in [0.4, 0.5) is 5.69 Å². The Morgan fingerprint density at radius 3 is 2.36 bits per heavy atom. The zero-order valence-corrected chi connectivity index (χ0v) is 21.3. The van der Waals surface area contributed by atoms with Crippen LogP contribution in [0.3, 0.4) is 0 Å². The molecule has 1 aliphatic heterocycles. The number of sulfonamides is 1. The van der Waals surface area contributed by atoms with Crippen LogP contribution in [0.2, 0.25) is 0 Å². The molecule has 190 valence electrons. The van der Waals surface area contributed by atoms with E-state index in [9.17, 15) is 13.2 Å². The molecule has 1 saturated heterocycles. The summed E-state index contributed by atoms with van der Waals surface area (Å²) in [6.07, 6.45) is 2.25. The first-order valence-corrected chi connectivity index (χ1v) is 13.3. The molecule has 8 nitrogen and oxygen atoms in total. The topological polar surface area (TPSA) is 97.0 Å². The fourth-order valence-corrected chi connectivity index (χ4v) is 5.48. The Morgan fingerprint density at radius 1 is 0.944 bits per heavy atom. The fraction of sp³-hybridized carbons (Fsp3) is 0.296. The monoisotopic (exact) mass is 509 g/mol. The second-order valence-corrected chi connectivity index (χ2v) is 10.3. The molecule has 1 atom stereocenters. The number of para-hydroxylation sites is 2. The third-order valence-corrected chi connectivity index (χ3v) is 7.66. The minimum absolute atomic E-state index is 0.00713. The number of ether oxygens (including phenoxy) is 2. The summed E-state index contributed by atoms with van der Waals surface area (Å²) in [5, 5.41) is 3.00. The summed E-state index contributed by atoms with van der Waals surface area (Å²) < 4.78 is 39.1. The molecule has 1 aliphatic rings. The van der Waals surface area contributed by atoms with Crippen molar-refractivity contribution in [1.82, 2.24) is 10.2 Å². The summed E-state index contributed by atoms with van der Waals surface area (Å²) in [7, 11) is -0.822. The number of nitrogens with zero attached hydrogens (tertiary/aromatic N) is 1. The lowest BCUT2D eigenvalue weighted by atomic mass is 10.0. The predicted molar refractivity (Wildman–Crippen MR) is 139 cm³/mol. The third-order valence-electron chi connectivity index (χ3n) is 6.30. The summed E-state index contributed by atoms with van der Waals surface area (Å²) in [6, 6.07) is 20.6. The van der Waals surface area contributed by atoms with Gasteiger partial charge in [0, 0.05) is 12.1 Å². The molecule has 0 bridgehead atoms. The Hall–Kier alpha value is -3.56. The third kappa shape index (κ3) is 5.98. The SMILES string of the molecule is COc1ccc([C@H](CNC(=O)c2cccc(S(=O)(=O)Nc3ccccc3OC)c2)N2CCCC2)cc1. The van der Waals surface area contributed by atoms with Gasteiger partial charge in [0.15, 0.2) is 0 Å². The number of nitrogens with one attached hydrogen (secondary N) is 2. The van der Waals surface area contributed by atoms with Gasteiger partial charge in [0.1, 0.15) is 11.5 Å². The molecule has 2 N–H and O–H groups in total. The summed E-state index contributed by atoms with van der Waals surface area (Å²) in [5.74, 6) is 0.853. The average molecular weight is 510 g/mol. The van der Waals surface area contributed by atoms with Gasteiger partial charge in [-0.05, 0) is 74.0 Å². The summed E-state index contributed by atoms with van der Waals surface area (Å²) in [6.45, 7) is 2.34. The zero-order chi connectivity index (χ0) is 25.5. The molecule has 4 rings (SSSR count). The number of benzene rings is 3. The van der Waals surface area contributed by atoms with E-state index in [2.05, 4.69) is 14.9 Å². The number of carbonyl (C=O) groups is 1. The molecule has 0 aliphatic carbocycles. The van der Waals surface area contributed by atoms with Crippen LogP contribution in [0.5, 0.6) is 11.5 Å². The Balaban J connectivity index is 1.49. The van der Waals surface area contributed by atoms with Gasteiger partial charge in [-0.15, -0.1) is 0 Å². The van der Waals surface area contributed by atoms with Crippen LogP contribution in [0.25, 0.3) is 0 Å². The standard InChI is InChI=1S/C27H31N3O5S/c1-34-22-14-12-20(13-15-22)25(30-16-5-6-17-30)19-28-27(31)21-8-7-9-23(18-21)36(32,33)29-24-10-3-4-11-26(24)35-2/h3-4,7-15,18,25,29H,5-6,16-17,19H2,1-2H3,(H,28,31)/t25-/m0/s1. The van der Waals surface area contributed by atoms with Crippen molar-refractivity contribution in [3.63, 3.8) is 0 Å². The summed E-state index contributed by atoms with van der Waals surface area (Å²) >= 11 is 0. The fourth-order valence-electron chi connectivity index (χ4n) is 4.37. The maximum absolute atomic E-state index is 13.0. The zero-order valence-electron chi connectivity index (χ0n) is 20.4. The number of carbonyl (C=O) groups excluding carboxylic acids is 1. The Labute approximate surface area is 212 Å². The highest BCUT2D eigenvalue weighted by Crippen LogP contribution is 2.28. The highest BCUT2D eigenvalue weighted by atomic mass is 32.2. The van der Waals surface area contributed by atoms with E-state index in [-0.39, 0.29) is 22.4 Å². The molecule has 0 aromatic heterocycles. The lowest BCUT2D eigenvalue weighted by Gasteiger charge is -2.28. The largest absolute Gasteiger partial charge is 0.497 e. The van der Waals surface area contributed by atoms with E-state index in [0.29, 0.717) is 18.0 Å². The molecule has 0 spiro atoms. The van der Waals surface area contributed by atoms with E-state index >= 15 is 0 Å². The number of hydrogen-bond acceptors (Lipinski definition) is 6. The number of hydrogen-bond donors (Lipinski definition) is 2. The molecule has 1 amide bonds. The van der Waals surface area contributed by atoms with Crippen LogP contribution in [0.15, 0.2) is 77.7 Å². The highest BCUT2D eigenvalue weighted by molar-refractivity contribution is 7.92. The van der Waals surface area contributed by atoms with E-state index in [0.717, 1.165) is 37.2 Å². The second-order valence-electron chi connectivity index (χ2n) is 8.58. The smallest absolute Gasteiger partial charge is 0.262 e. The van der Waals surface area contributed by atoms with Crippen LogP contribution < -0.4 is 19.5 Å². The predicted octanol–water partition coefficient (Wildman–Crippen LogP) is 4.07. The van der Waals surface area contributed by atoms with Crippen molar-refractivity contribution in [3.8, 4) is 11.5 Å². The van der Waals surface area contributed by atoms with Crippen LogP contribution in [0, 0.1) is 0 Å². The highest BCUT2D eigenvalue weighted by Gasteiger charge is 2.25. The van der Waals surface area contributed by atoms with Gasteiger partial charge in [0.2, 0.25) is 0 Å². The quantitative estimate of drug-likeness (QED) is 0.428. The van der Waals surface area contributed by atoms with E-state index in [1.165, 1.54) is 19.2 Å².